The molecule has 0 amide bonds. The van der Waals surface area contributed by atoms with Crippen LogP contribution in [-0.4, -0.2) is 17.3 Å². The zero-order valence-electron chi connectivity index (χ0n) is 14.4. The van der Waals surface area contributed by atoms with Crippen LogP contribution in [-0.2, 0) is 0 Å². The van der Waals surface area contributed by atoms with Crippen LogP contribution >= 0.6 is 0 Å². The zero-order chi connectivity index (χ0) is 15.8. The second kappa shape index (κ2) is 6.10. The Hall–Kier alpha value is -0.860. The summed E-state index contributed by atoms with van der Waals surface area (Å²) >= 11 is 0. The van der Waals surface area contributed by atoms with E-state index in [1.807, 2.05) is 0 Å². The van der Waals surface area contributed by atoms with Crippen LogP contribution in [0.25, 0.3) is 0 Å². The third kappa shape index (κ3) is 3.17. The number of rotatable bonds is 3. The van der Waals surface area contributed by atoms with Gasteiger partial charge in [-0.2, -0.15) is 0 Å². The van der Waals surface area contributed by atoms with Gasteiger partial charge in [0, 0.05) is 12.0 Å². The number of nitrogens with one attached hydrogen (secondary N) is 1. The molecular formula is C19H31NO. The van der Waals surface area contributed by atoms with E-state index in [2.05, 4.69) is 71.1 Å². The average molecular weight is 289 g/mol. The van der Waals surface area contributed by atoms with Gasteiger partial charge in [-0.05, 0) is 28.9 Å². The monoisotopic (exact) mass is 289 g/mol. The standard InChI is InChI=1S/C19H31NO/c1-7-15-16(19(4,5)6)18(21)17(20-15)14-11-9-8-10-13(14)12(2)3/h8-12,15-18,20-21H,7H2,1-6H3. The molecule has 1 aliphatic rings. The van der Waals surface area contributed by atoms with E-state index >= 15 is 0 Å². The summed E-state index contributed by atoms with van der Waals surface area (Å²) in [5.74, 6) is 0.761. The second-order valence-corrected chi connectivity index (χ2v) is 7.83. The van der Waals surface area contributed by atoms with Crippen LogP contribution < -0.4 is 5.32 Å². The second-order valence-electron chi connectivity index (χ2n) is 7.83. The predicted octanol–water partition coefficient (Wildman–Crippen LogP) is 4.26. The first-order valence-electron chi connectivity index (χ1n) is 8.30. The van der Waals surface area contributed by atoms with Crippen LogP contribution in [0.3, 0.4) is 0 Å². The molecule has 1 fully saturated rings. The molecule has 1 aromatic rings. The minimum atomic E-state index is -0.324. The van der Waals surface area contributed by atoms with Crippen molar-refractivity contribution in [2.75, 3.05) is 0 Å². The molecule has 0 spiro atoms. The summed E-state index contributed by atoms with van der Waals surface area (Å²) in [7, 11) is 0. The third-order valence-corrected chi connectivity index (χ3v) is 4.93. The molecule has 2 N–H and O–H groups in total. The van der Waals surface area contributed by atoms with Gasteiger partial charge in [-0.3, -0.25) is 0 Å². The molecule has 1 heterocycles. The highest BCUT2D eigenvalue weighted by Crippen LogP contribution is 2.44. The lowest BCUT2D eigenvalue weighted by atomic mass is 9.73. The number of aliphatic hydroxyl groups excluding tert-OH is 1. The van der Waals surface area contributed by atoms with Crippen molar-refractivity contribution in [1.29, 1.82) is 0 Å². The SMILES string of the molecule is CCC1NC(c2ccccc2C(C)C)C(O)C1C(C)(C)C. The number of benzene rings is 1. The number of aliphatic hydroxyl groups is 1. The van der Waals surface area contributed by atoms with Crippen LogP contribution in [0.4, 0.5) is 0 Å². The first kappa shape index (κ1) is 16.5. The van der Waals surface area contributed by atoms with Gasteiger partial charge < -0.3 is 10.4 Å². The summed E-state index contributed by atoms with van der Waals surface area (Å²) in [5.41, 5.74) is 2.72. The van der Waals surface area contributed by atoms with E-state index in [1.54, 1.807) is 0 Å². The number of hydrogen-bond donors (Lipinski definition) is 2. The summed E-state index contributed by atoms with van der Waals surface area (Å²) < 4.78 is 0. The van der Waals surface area contributed by atoms with Crippen molar-refractivity contribution >= 4 is 0 Å². The molecule has 0 radical (unpaired) electrons. The molecule has 0 aliphatic carbocycles. The van der Waals surface area contributed by atoms with E-state index in [0.29, 0.717) is 12.0 Å². The molecule has 21 heavy (non-hydrogen) atoms. The molecule has 1 saturated heterocycles. The Labute approximate surface area is 130 Å². The Morgan fingerprint density at radius 3 is 2.29 bits per heavy atom. The average Bonchev–Trinajstić information content (AvgIpc) is 2.75. The smallest absolute Gasteiger partial charge is 0.0783 e. The number of hydrogen-bond acceptors (Lipinski definition) is 2. The van der Waals surface area contributed by atoms with Crippen molar-refractivity contribution in [3.05, 3.63) is 35.4 Å². The van der Waals surface area contributed by atoms with Gasteiger partial charge >= 0.3 is 0 Å². The fraction of sp³-hybridized carbons (Fsp3) is 0.684. The minimum Gasteiger partial charge on any atom is -0.391 e. The maximum absolute atomic E-state index is 11.0. The van der Waals surface area contributed by atoms with Gasteiger partial charge in [0.2, 0.25) is 0 Å². The lowest BCUT2D eigenvalue weighted by Gasteiger charge is -2.34. The Kier molecular flexibility index (Phi) is 4.79. The van der Waals surface area contributed by atoms with Gasteiger partial charge in [0.25, 0.3) is 0 Å². The molecule has 0 bridgehead atoms. The summed E-state index contributed by atoms with van der Waals surface area (Å²) in [5, 5.41) is 14.7. The van der Waals surface area contributed by atoms with Gasteiger partial charge in [0.1, 0.15) is 0 Å². The molecule has 0 saturated carbocycles. The van der Waals surface area contributed by atoms with Gasteiger partial charge in [-0.15, -0.1) is 0 Å². The van der Waals surface area contributed by atoms with Crippen molar-refractivity contribution in [3.63, 3.8) is 0 Å². The molecule has 2 heteroatoms. The Morgan fingerprint density at radius 2 is 1.81 bits per heavy atom. The van der Waals surface area contributed by atoms with Crippen molar-refractivity contribution in [1.82, 2.24) is 5.32 Å². The first-order valence-corrected chi connectivity index (χ1v) is 8.30. The van der Waals surface area contributed by atoms with E-state index in [9.17, 15) is 5.11 Å². The molecule has 2 rings (SSSR count). The lowest BCUT2D eigenvalue weighted by Crippen LogP contribution is -2.37. The highest BCUT2D eigenvalue weighted by atomic mass is 16.3. The predicted molar refractivity (Wildman–Crippen MR) is 89.4 cm³/mol. The Morgan fingerprint density at radius 1 is 1.19 bits per heavy atom. The molecule has 1 aromatic carbocycles. The van der Waals surface area contributed by atoms with Crippen molar-refractivity contribution in [2.45, 2.75) is 72.1 Å². The minimum absolute atomic E-state index is 0.0535. The van der Waals surface area contributed by atoms with Crippen LogP contribution in [0.2, 0.25) is 0 Å². The van der Waals surface area contributed by atoms with Crippen LogP contribution in [0.5, 0.6) is 0 Å². The molecule has 118 valence electrons. The summed E-state index contributed by atoms with van der Waals surface area (Å²) in [6.45, 7) is 13.4. The molecule has 1 aliphatic heterocycles. The van der Waals surface area contributed by atoms with Crippen LogP contribution in [0, 0.1) is 11.3 Å². The Balaban J connectivity index is 2.38. The molecule has 4 unspecified atom stereocenters. The fourth-order valence-corrected chi connectivity index (χ4v) is 3.96. The van der Waals surface area contributed by atoms with Crippen molar-refractivity contribution in [2.24, 2.45) is 11.3 Å². The Bertz CT molecular complexity index is 475. The van der Waals surface area contributed by atoms with E-state index in [4.69, 9.17) is 0 Å². The maximum Gasteiger partial charge on any atom is 0.0783 e. The summed E-state index contributed by atoms with van der Waals surface area (Å²) in [6.07, 6.45) is 0.731. The van der Waals surface area contributed by atoms with E-state index in [1.165, 1.54) is 11.1 Å². The lowest BCUT2D eigenvalue weighted by molar-refractivity contribution is 0.0501. The van der Waals surface area contributed by atoms with Crippen molar-refractivity contribution in [3.8, 4) is 0 Å². The maximum atomic E-state index is 11.0. The van der Waals surface area contributed by atoms with Gasteiger partial charge in [0.05, 0.1) is 12.1 Å². The molecule has 0 aromatic heterocycles. The highest BCUT2D eigenvalue weighted by Gasteiger charge is 2.47. The van der Waals surface area contributed by atoms with Crippen LogP contribution in [0.15, 0.2) is 24.3 Å². The largest absolute Gasteiger partial charge is 0.391 e. The topological polar surface area (TPSA) is 32.3 Å². The normalized spacial score (nSPS) is 30.1. The van der Waals surface area contributed by atoms with E-state index in [0.717, 1.165) is 6.42 Å². The van der Waals surface area contributed by atoms with Gasteiger partial charge in [-0.1, -0.05) is 65.8 Å². The summed E-state index contributed by atoms with van der Waals surface area (Å²) in [6, 6.07) is 8.98. The molecular weight excluding hydrogens is 258 g/mol. The zero-order valence-corrected chi connectivity index (χ0v) is 14.4. The molecule has 4 atom stereocenters. The van der Waals surface area contributed by atoms with Gasteiger partial charge in [-0.25, -0.2) is 0 Å². The summed E-state index contributed by atoms with van der Waals surface area (Å²) in [4.78, 5) is 0. The molecule has 2 nitrogen and oxygen atoms in total. The van der Waals surface area contributed by atoms with Crippen molar-refractivity contribution < 1.29 is 5.11 Å². The third-order valence-electron chi connectivity index (χ3n) is 4.93. The van der Waals surface area contributed by atoms with Gasteiger partial charge in [0.15, 0.2) is 0 Å². The van der Waals surface area contributed by atoms with Crippen LogP contribution in [0.1, 0.15) is 71.0 Å². The van der Waals surface area contributed by atoms with E-state index in [-0.39, 0.29) is 23.5 Å². The van der Waals surface area contributed by atoms with E-state index < -0.39 is 0 Å². The quantitative estimate of drug-likeness (QED) is 0.871. The first-order chi connectivity index (χ1) is 9.77. The fourth-order valence-electron chi connectivity index (χ4n) is 3.96. The highest BCUT2D eigenvalue weighted by molar-refractivity contribution is 5.34.